The molecular weight excluding hydrogens is 210 g/mol. The van der Waals surface area contributed by atoms with Crippen LogP contribution >= 0.6 is 0 Å². The molecular formula is C14H23N3. The standard InChI is InChI=1S/C14H23N3/c1-10-7-13(16-8-12(10)15)17-6-5-11(9-17)14(2,3)4/h7-8,11H,5-6,9,15H2,1-4H3. The van der Waals surface area contributed by atoms with Crippen molar-refractivity contribution in [2.75, 3.05) is 23.7 Å². The van der Waals surface area contributed by atoms with Crippen LogP contribution in [0.25, 0.3) is 0 Å². The lowest BCUT2D eigenvalue weighted by atomic mass is 9.80. The first kappa shape index (κ1) is 12.2. The second-order valence-corrected chi connectivity index (χ2v) is 6.20. The lowest BCUT2D eigenvalue weighted by Crippen LogP contribution is -2.26. The minimum atomic E-state index is 0.387. The highest BCUT2D eigenvalue weighted by atomic mass is 15.2. The Bertz CT molecular complexity index is 406. The molecule has 17 heavy (non-hydrogen) atoms. The number of nitrogen functional groups attached to an aromatic ring is 1. The number of hydrogen-bond acceptors (Lipinski definition) is 3. The summed E-state index contributed by atoms with van der Waals surface area (Å²) in [7, 11) is 0. The van der Waals surface area contributed by atoms with E-state index < -0.39 is 0 Å². The molecule has 0 bridgehead atoms. The fourth-order valence-electron chi connectivity index (χ4n) is 2.40. The topological polar surface area (TPSA) is 42.2 Å². The van der Waals surface area contributed by atoms with Crippen LogP contribution in [0.1, 0.15) is 32.8 Å². The molecule has 3 nitrogen and oxygen atoms in total. The van der Waals surface area contributed by atoms with Gasteiger partial charge in [-0.25, -0.2) is 4.98 Å². The highest BCUT2D eigenvalue weighted by Gasteiger charge is 2.32. The Morgan fingerprint density at radius 2 is 2.12 bits per heavy atom. The summed E-state index contributed by atoms with van der Waals surface area (Å²) in [6.07, 6.45) is 3.03. The normalized spacial score (nSPS) is 20.9. The number of hydrogen-bond donors (Lipinski definition) is 1. The number of anilines is 2. The summed E-state index contributed by atoms with van der Waals surface area (Å²) in [6.45, 7) is 11.2. The van der Waals surface area contributed by atoms with E-state index >= 15 is 0 Å². The van der Waals surface area contributed by atoms with Gasteiger partial charge in [-0.2, -0.15) is 0 Å². The number of nitrogens with zero attached hydrogens (tertiary/aromatic N) is 2. The minimum Gasteiger partial charge on any atom is -0.397 e. The average molecular weight is 233 g/mol. The van der Waals surface area contributed by atoms with Crippen LogP contribution in [0.2, 0.25) is 0 Å². The first-order valence-corrected chi connectivity index (χ1v) is 6.35. The summed E-state index contributed by atoms with van der Waals surface area (Å²) >= 11 is 0. The zero-order chi connectivity index (χ0) is 12.6. The van der Waals surface area contributed by atoms with Gasteiger partial charge in [0.05, 0.1) is 11.9 Å². The van der Waals surface area contributed by atoms with E-state index in [9.17, 15) is 0 Å². The fourth-order valence-corrected chi connectivity index (χ4v) is 2.40. The molecule has 1 aromatic rings. The Hall–Kier alpha value is -1.25. The molecule has 0 aliphatic carbocycles. The molecule has 2 rings (SSSR count). The zero-order valence-corrected chi connectivity index (χ0v) is 11.3. The van der Waals surface area contributed by atoms with Gasteiger partial charge < -0.3 is 10.6 Å². The molecule has 0 aromatic carbocycles. The molecule has 0 radical (unpaired) electrons. The molecule has 1 aliphatic heterocycles. The van der Waals surface area contributed by atoms with Crippen LogP contribution in [0.15, 0.2) is 12.3 Å². The van der Waals surface area contributed by atoms with Crippen molar-refractivity contribution in [2.24, 2.45) is 11.3 Å². The van der Waals surface area contributed by atoms with Crippen LogP contribution < -0.4 is 10.6 Å². The van der Waals surface area contributed by atoms with E-state index in [1.165, 1.54) is 6.42 Å². The molecule has 1 fully saturated rings. The second-order valence-electron chi connectivity index (χ2n) is 6.20. The molecule has 1 saturated heterocycles. The molecule has 1 aliphatic rings. The van der Waals surface area contributed by atoms with Gasteiger partial charge >= 0.3 is 0 Å². The van der Waals surface area contributed by atoms with Crippen LogP contribution in [0.3, 0.4) is 0 Å². The summed E-state index contributed by atoms with van der Waals surface area (Å²) in [5, 5.41) is 0. The third-order valence-electron chi connectivity index (χ3n) is 3.87. The van der Waals surface area contributed by atoms with Crippen molar-refractivity contribution in [3.05, 3.63) is 17.8 Å². The van der Waals surface area contributed by atoms with E-state index in [0.29, 0.717) is 5.41 Å². The van der Waals surface area contributed by atoms with Crippen LogP contribution in [-0.4, -0.2) is 18.1 Å². The Labute approximate surface area is 104 Å². The van der Waals surface area contributed by atoms with Crippen molar-refractivity contribution in [3.63, 3.8) is 0 Å². The summed E-state index contributed by atoms with van der Waals surface area (Å²) in [4.78, 5) is 6.82. The van der Waals surface area contributed by atoms with E-state index in [1.807, 2.05) is 6.92 Å². The predicted octanol–water partition coefficient (Wildman–Crippen LogP) is 2.84. The maximum atomic E-state index is 5.80. The highest BCUT2D eigenvalue weighted by molar-refractivity contribution is 5.52. The summed E-state index contributed by atoms with van der Waals surface area (Å²) < 4.78 is 0. The minimum absolute atomic E-state index is 0.387. The van der Waals surface area contributed by atoms with E-state index in [2.05, 4.69) is 36.7 Å². The number of aromatic nitrogens is 1. The second kappa shape index (κ2) is 4.21. The van der Waals surface area contributed by atoms with Gasteiger partial charge in [-0.3, -0.25) is 0 Å². The lowest BCUT2D eigenvalue weighted by Gasteiger charge is -2.27. The fraction of sp³-hybridized carbons (Fsp3) is 0.643. The molecule has 2 heterocycles. The predicted molar refractivity (Wildman–Crippen MR) is 73.2 cm³/mol. The van der Waals surface area contributed by atoms with E-state index in [4.69, 9.17) is 5.73 Å². The monoisotopic (exact) mass is 233 g/mol. The first-order valence-electron chi connectivity index (χ1n) is 6.35. The molecule has 0 amide bonds. The van der Waals surface area contributed by atoms with Crippen molar-refractivity contribution in [1.29, 1.82) is 0 Å². The van der Waals surface area contributed by atoms with Crippen molar-refractivity contribution in [2.45, 2.75) is 34.1 Å². The van der Waals surface area contributed by atoms with Gasteiger partial charge in [0.1, 0.15) is 5.82 Å². The van der Waals surface area contributed by atoms with Crippen molar-refractivity contribution >= 4 is 11.5 Å². The molecule has 1 aromatic heterocycles. The van der Waals surface area contributed by atoms with Crippen molar-refractivity contribution in [1.82, 2.24) is 4.98 Å². The van der Waals surface area contributed by atoms with Crippen LogP contribution in [0.4, 0.5) is 11.5 Å². The Morgan fingerprint density at radius 1 is 1.41 bits per heavy atom. The van der Waals surface area contributed by atoms with Crippen molar-refractivity contribution < 1.29 is 0 Å². The highest BCUT2D eigenvalue weighted by Crippen LogP contribution is 2.35. The SMILES string of the molecule is Cc1cc(N2CCC(C(C)(C)C)C2)ncc1N. The van der Waals surface area contributed by atoms with Crippen molar-refractivity contribution in [3.8, 4) is 0 Å². The quantitative estimate of drug-likeness (QED) is 0.811. The zero-order valence-electron chi connectivity index (χ0n) is 11.3. The van der Waals surface area contributed by atoms with E-state index in [-0.39, 0.29) is 0 Å². The van der Waals surface area contributed by atoms with Gasteiger partial charge in [0.2, 0.25) is 0 Å². The third-order valence-corrected chi connectivity index (χ3v) is 3.87. The van der Waals surface area contributed by atoms with Crippen LogP contribution in [0, 0.1) is 18.3 Å². The lowest BCUT2D eigenvalue weighted by molar-refractivity contribution is 0.263. The maximum absolute atomic E-state index is 5.80. The number of nitrogens with two attached hydrogens (primary N) is 1. The average Bonchev–Trinajstić information content (AvgIpc) is 2.70. The summed E-state index contributed by atoms with van der Waals surface area (Å²) in [6, 6.07) is 2.10. The van der Waals surface area contributed by atoms with Crippen LogP contribution in [-0.2, 0) is 0 Å². The molecule has 2 N–H and O–H groups in total. The smallest absolute Gasteiger partial charge is 0.128 e. The van der Waals surface area contributed by atoms with Gasteiger partial charge in [0.25, 0.3) is 0 Å². The number of rotatable bonds is 1. The molecule has 0 saturated carbocycles. The summed E-state index contributed by atoms with van der Waals surface area (Å²) in [5.41, 5.74) is 8.09. The Balaban J connectivity index is 2.13. The van der Waals surface area contributed by atoms with Crippen LogP contribution in [0.5, 0.6) is 0 Å². The Kier molecular flexibility index (Phi) is 3.02. The van der Waals surface area contributed by atoms with Gasteiger partial charge in [-0.05, 0) is 36.3 Å². The van der Waals surface area contributed by atoms with Gasteiger partial charge in [0, 0.05) is 13.1 Å². The van der Waals surface area contributed by atoms with E-state index in [0.717, 1.165) is 36.1 Å². The van der Waals surface area contributed by atoms with E-state index in [1.54, 1.807) is 6.20 Å². The molecule has 1 atom stereocenters. The maximum Gasteiger partial charge on any atom is 0.128 e. The first-order chi connectivity index (χ1) is 7.88. The molecule has 1 unspecified atom stereocenters. The molecule has 0 spiro atoms. The van der Waals surface area contributed by atoms with Gasteiger partial charge in [-0.1, -0.05) is 20.8 Å². The largest absolute Gasteiger partial charge is 0.397 e. The van der Waals surface area contributed by atoms with Gasteiger partial charge in [0.15, 0.2) is 0 Å². The number of aryl methyl sites for hydroxylation is 1. The third kappa shape index (κ3) is 2.54. The Morgan fingerprint density at radius 3 is 2.65 bits per heavy atom. The summed E-state index contributed by atoms with van der Waals surface area (Å²) in [5.74, 6) is 1.82. The number of pyridine rings is 1. The molecule has 94 valence electrons. The molecule has 3 heteroatoms. The van der Waals surface area contributed by atoms with Gasteiger partial charge in [-0.15, -0.1) is 0 Å².